The van der Waals surface area contributed by atoms with Crippen LogP contribution >= 0.6 is 0 Å². The van der Waals surface area contributed by atoms with Crippen LogP contribution in [0.1, 0.15) is 44.2 Å². The van der Waals surface area contributed by atoms with E-state index in [2.05, 4.69) is 10.3 Å². The normalized spacial score (nSPS) is 16.1. The van der Waals surface area contributed by atoms with Crippen LogP contribution < -0.4 is 0 Å². The van der Waals surface area contributed by atoms with Crippen molar-refractivity contribution < 1.29 is 14.3 Å². The Hall–Kier alpha value is -1.92. The van der Waals surface area contributed by atoms with Gasteiger partial charge in [-0.1, -0.05) is 5.21 Å². The van der Waals surface area contributed by atoms with Gasteiger partial charge >= 0.3 is 6.09 Å². The van der Waals surface area contributed by atoms with Crippen molar-refractivity contribution in [1.82, 2.24) is 19.9 Å². The van der Waals surface area contributed by atoms with E-state index in [0.717, 1.165) is 0 Å². The quantitative estimate of drug-likeness (QED) is 0.753. The predicted octanol–water partition coefficient (Wildman–Crippen LogP) is 1.27. The first kappa shape index (κ1) is 13.5. The molecule has 0 bridgehead atoms. The highest BCUT2D eigenvalue weighted by Gasteiger charge is 2.35. The molecule has 0 spiro atoms. The van der Waals surface area contributed by atoms with Crippen molar-refractivity contribution in [2.75, 3.05) is 13.1 Å². The summed E-state index contributed by atoms with van der Waals surface area (Å²) in [6.45, 7) is 7.99. The van der Waals surface area contributed by atoms with E-state index in [9.17, 15) is 9.59 Å². The monoisotopic (exact) mass is 266 g/mol. The third-order valence-corrected chi connectivity index (χ3v) is 2.76. The molecule has 104 valence electrons. The molecule has 1 aliphatic rings. The summed E-state index contributed by atoms with van der Waals surface area (Å²) in [5.41, 5.74) is -0.146. The minimum atomic E-state index is -0.489. The molecule has 0 N–H and O–H groups in total. The number of likely N-dealkylation sites (tertiary alicyclic amines) is 1. The minimum absolute atomic E-state index is 0.0631. The first-order valence-corrected chi connectivity index (χ1v) is 6.17. The second-order valence-electron chi connectivity index (χ2n) is 5.68. The van der Waals surface area contributed by atoms with Crippen molar-refractivity contribution in [3.63, 3.8) is 0 Å². The Morgan fingerprint density at radius 3 is 2.47 bits per heavy atom. The lowest BCUT2D eigenvalue weighted by atomic mass is 10.1. The summed E-state index contributed by atoms with van der Waals surface area (Å²) in [6.07, 6.45) is 1.29. The van der Waals surface area contributed by atoms with Gasteiger partial charge in [0.15, 0.2) is 5.78 Å². The third kappa shape index (κ3) is 3.10. The number of Topliss-reactive ketones (excluding diaryl/α,β-unsaturated/α-hetero) is 1. The molecule has 7 nitrogen and oxygen atoms in total. The van der Waals surface area contributed by atoms with Crippen LogP contribution in [0.2, 0.25) is 0 Å². The summed E-state index contributed by atoms with van der Waals surface area (Å²) in [6, 6.07) is 0.0631. The topological polar surface area (TPSA) is 77.3 Å². The van der Waals surface area contributed by atoms with E-state index in [4.69, 9.17) is 4.74 Å². The number of hydrogen-bond acceptors (Lipinski definition) is 5. The number of carbonyl (C=O) groups excluding carboxylic acids is 2. The van der Waals surface area contributed by atoms with E-state index in [1.54, 1.807) is 15.8 Å². The van der Waals surface area contributed by atoms with Crippen LogP contribution in [-0.2, 0) is 4.74 Å². The second-order valence-corrected chi connectivity index (χ2v) is 5.68. The molecule has 1 aromatic heterocycles. The van der Waals surface area contributed by atoms with Crippen LogP contribution in [0.15, 0.2) is 6.20 Å². The predicted molar refractivity (Wildman–Crippen MR) is 66.9 cm³/mol. The summed E-state index contributed by atoms with van der Waals surface area (Å²) >= 11 is 0. The van der Waals surface area contributed by atoms with Gasteiger partial charge in [0.25, 0.3) is 0 Å². The number of aromatic nitrogens is 3. The van der Waals surface area contributed by atoms with E-state index < -0.39 is 5.60 Å². The van der Waals surface area contributed by atoms with Gasteiger partial charge in [0, 0.05) is 20.0 Å². The smallest absolute Gasteiger partial charge is 0.410 e. The summed E-state index contributed by atoms with van der Waals surface area (Å²) in [5.74, 6) is -0.116. The highest BCUT2D eigenvalue weighted by molar-refractivity contribution is 5.91. The molecule has 0 unspecified atom stereocenters. The van der Waals surface area contributed by atoms with Crippen molar-refractivity contribution >= 4 is 11.9 Å². The Kier molecular flexibility index (Phi) is 3.30. The maximum atomic E-state index is 11.7. The molecule has 0 aromatic carbocycles. The fourth-order valence-corrected chi connectivity index (χ4v) is 1.71. The summed E-state index contributed by atoms with van der Waals surface area (Å²) in [4.78, 5) is 24.5. The number of carbonyl (C=O) groups is 2. The Morgan fingerprint density at radius 1 is 1.37 bits per heavy atom. The van der Waals surface area contributed by atoms with Gasteiger partial charge in [-0.3, -0.25) is 4.79 Å². The van der Waals surface area contributed by atoms with E-state index >= 15 is 0 Å². The summed E-state index contributed by atoms with van der Waals surface area (Å²) < 4.78 is 6.88. The number of nitrogens with zero attached hydrogens (tertiary/aromatic N) is 4. The van der Waals surface area contributed by atoms with Crippen LogP contribution in [-0.4, -0.2) is 50.5 Å². The number of rotatable bonds is 2. The minimum Gasteiger partial charge on any atom is -0.444 e. The largest absolute Gasteiger partial charge is 0.444 e. The zero-order chi connectivity index (χ0) is 14.2. The van der Waals surface area contributed by atoms with E-state index in [-0.39, 0.29) is 17.9 Å². The lowest BCUT2D eigenvalue weighted by Gasteiger charge is -2.39. The lowest BCUT2D eigenvalue weighted by Crippen LogP contribution is -2.52. The average Bonchev–Trinajstić information content (AvgIpc) is 2.61. The van der Waals surface area contributed by atoms with Gasteiger partial charge < -0.3 is 9.64 Å². The van der Waals surface area contributed by atoms with E-state index in [1.807, 2.05) is 20.8 Å². The van der Waals surface area contributed by atoms with E-state index in [0.29, 0.717) is 18.8 Å². The van der Waals surface area contributed by atoms with Crippen molar-refractivity contribution in [1.29, 1.82) is 0 Å². The molecule has 0 saturated carbocycles. The van der Waals surface area contributed by atoms with Crippen molar-refractivity contribution in [2.24, 2.45) is 0 Å². The fourth-order valence-electron chi connectivity index (χ4n) is 1.71. The zero-order valence-corrected chi connectivity index (χ0v) is 11.6. The first-order valence-electron chi connectivity index (χ1n) is 6.17. The van der Waals surface area contributed by atoms with Crippen LogP contribution in [0, 0.1) is 0 Å². The Balaban J connectivity index is 1.89. The number of ether oxygens (including phenoxy) is 1. The first-order chi connectivity index (χ1) is 8.76. The van der Waals surface area contributed by atoms with Crippen LogP contribution in [0.25, 0.3) is 0 Å². The molecule has 2 rings (SSSR count). The number of amides is 1. The highest BCUT2D eigenvalue weighted by atomic mass is 16.6. The molecule has 0 radical (unpaired) electrons. The standard InChI is InChI=1S/C12H18N4O3/c1-8(17)10-7-16(14-13-10)9-5-15(6-9)11(18)19-12(2,3)4/h7,9H,5-6H2,1-4H3. The zero-order valence-electron chi connectivity index (χ0n) is 11.6. The Bertz CT molecular complexity index is 497. The number of hydrogen-bond donors (Lipinski definition) is 0. The molecule has 1 aromatic rings. The van der Waals surface area contributed by atoms with Gasteiger partial charge in [-0.2, -0.15) is 0 Å². The van der Waals surface area contributed by atoms with Gasteiger partial charge in [-0.05, 0) is 20.8 Å². The molecular formula is C12H18N4O3. The molecule has 1 aliphatic heterocycles. The van der Waals surface area contributed by atoms with Crippen molar-refractivity contribution in [3.8, 4) is 0 Å². The van der Waals surface area contributed by atoms with Gasteiger partial charge in [0.05, 0.1) is 12.2 Å². The van der Waals surface area contributed by atoms with E-state index in [1.165, 1.54) is 6.92 Å². The number of ketones is 1. The van der Waals surface area contributed by atoms with Crippen LogP contribution in [0.4, 0.5) is 4.79 Å². The maximum absolute atomic E-state index is 11.7. The Morgan fingerprint density at radius 2 is 2.00 bits per heavy atom. The molecule has 1 fully saturated rings. The molecular weight excluding hydrogens is 248 g/mol. The van der Waals surface area contributed by atoms with Gasteiger partial charge in [0.2, 0.25) is 0 Å². The van der Waals surface area contributed by atoms with Crippen molar-refractivity contribution in [3.05, 3.63) is 11.9 Å². The molecule has 0 atom stereocenters. The Labute approximate surface area is 111 Å². The summed E-state index contributed by atoms with van der Waals surface area (Å²) in [7, 11) is 0. The molecule has 2 heterocycles. The van der Waals surface area contributed by atoms with Gasteiger partial charge in [0.1, 0.15) is 11.3 Å². The fraction of sp³-hybridized carbons (Fsp3) is 0.667. The maximum Gasteiger partial charge on any atom is 0.410 e. The van der Waals surface area contributed by atoms with Crippen LogP contribution in [0.3, 0.4) is 0 Å². The van der Waals surface area contributed by atoms with Gasteiger partial charge in [-0.15, -0.1) is 5.10 Å². The third-order valence-electron chi connectivity index (χ3n) is 2.76. The van der Waals surface area contributed by atoms with Crippen molar-refractivity contribution in [2.45, 2.75) is 39.3 Å². The molecule has 1 saturated heterocycles. The second kappa shape index (κ2) is 4.64. The van der Waals surface area contributed by atoms with Gasteiger partial charge in [-0.25, -0.2) is 9.48 Å². The molecule has 0 aliphatic carbocycles. The highest BCUT2D eigenvalue weighted by Crippen LogP contribution is 2.22. The summed E-state index contributed by atoms with van der Waals surface area (Å²) in [5, 5.41) is 7.67. The lowest BCUT2D eigenvalue weighted by molar-refractivity contribution is -0.000628. The van der Waals surface area contributed by atoms with Crippen LogP contribution in [0.5, 0.6) is 0 Å². The molecule has 7 heteroatoms. The molecule has 19 heavy (non-hydrogen) atoms. The molecule has 1 amide bonds. The average molecular weight is 266 g/mol. The SMILES string of the molecule is CC(=O)c1cn(C2CN(C(=O)OC(C)(C)C)C2)nn1.